The van der Waals surface area contributed by atoms with Gasteiger partial charge in [-0.15, -0.1) is 0 Å². The maximum absolute atomic E-state index is 11.7. The first-order chi connectivity index (χ1) is 7.93. The van der Waals surface area contributed by atoms with E-state index in [9.17, 15) is 13.2 Å². The minimum absolute atomic E-state index is 0.0830. The van der Waals surface area contributed by atoms with Gasteiger partial charge in [-0.05, 0) is 24.5 Å². The molecule has 0 aromatic heterocycles. The molecule has 0 aliphatic rings. The molecule has 1 radical (unpaired) electrons. The van der Waals surface area contributed by atoms with Crippen molar-refractivity contribution in [2.45, 2.75) is 20.3 Å². The first kappa shape index (κ1) is 13.7. The van der Waals surface area contributed by atoms with Crippen molar-refractivity contribution in [2.75, 3.05) is 10.5 Å². The molecule has 0 bridgehead atoms. The molecule has 0 saturated heterocycles. The lowest BCUT2D eigenvalue weighted by Crippen LogP contribution is -2.17. The highest BCUT2D eigenvalue weighted by Crippen LogP contribution is 2.12. The van der Waals surface area contributed by atoms with Crippen LogP contribution in [0.1, 0.15) is 25.8 Å². The van der Waals surface area contributed by atoms with Crippen LogP contribution in [-0.2, 0) is 14.8 Å². The van der Waals surface area contributed by atoms with Gasteiger partial charge in [0.05, 0.1) is 5.75 Å². The Bertz CT molecular complexity index is 480. The molecular weight excluding hydrogens is 238 g/mol. The maximum atomic E-state index is 11.7. The summed E-state index contributed by atoms with van der Waals surface area (Å²) >= 11 is 0. The molecule has 17 heavy (non-hydrogen) atoms. The zero-order valence-corrected chi connectivity index (χ0v) is 10.8. The van der Waals surface area contributed by atoms with E-state index < -0.39 is 10.0 Å². The summed E-state index contributed by atoms with van der Waals surface area (Å²) in [5.74, 6) is 0.417. The summed E-state index contributed by atoms with van der Waals surface area (Å²) in [6, 6.07) is 6.24. The van der Waals surface area contributed by atoms with Crippen LogP contribution in [0.5, 0.6) is 0 Å². The highest BCUT2D eigenvalue weighted by Gasteiger charge is 2.11. The third-order valence-electron chi connectivity index (χ3n) is 2.22. The van der Waals surface area contributed by atoms with Gasteiger partial charge in [-0.2, -0.15) is 0 Å². The van der Waals surface area contributed by atoms with Gasteiger partial charge in [0, 0.05) is 11.3 Å². The molecule has 0 heterocycles. The van der Waals surface area contributed by atoms with E-state index in [4.69, 9.17) is 0 Å². The van der Waals surface area contributed by atoms with Crippen molar-refractivity contribution in [3.05, 3.63) is 29.8 Å². The minimum Gasteiger partial charge on any atom is -0.285 e. The van der Waals surface area contributed by atoms with E-state index in [0.29, 0.717) is 23.6 Å². The Morgan fingerprint density at radius 2 is 2.06 bits per heavy atom. The van der Waals surface area contributed by atoms with Gasteiger partial charge >= 0.3 is 0 Å². The SMILES string of the molecule is CC(C)CCS(=O)(=O)Nc1cccc([C]=O)c1. The lowest BCUT2D eigenvalue weighted by atomic mass is 10.2. The predicted octanol–water partition coefficient (Wildman–Crippen LogP) is 1.93. The summed E-state index contributed by atoms with van der Waals surface area (Å²) in [6.45, 7) is 3.94. The summed E-state index contributed by atoms with van der Waals surface area (Å²) in [4.78, 5) is 10.4. The van der Waals surface area contributed by atoms with Crippen molar-refractivity contribution in [3.63, 3.8) is 0 Å². The van der Waals surface area contributed by atoms with Gasteiger partial charge in [0.1, 0.15) is 0 Å². The van der Waals surface area contributed by atoms with Crippen LogP contribution in [0.3, 0.4) is 0 Å². The number of sulfonamides is 1. The second-order valence-corrected chi connectivity index (χ2v) is 6.13. The van der Waals surface area contributed by atoms with Crippen LogP contribution in [0.4, 0.5) is 5.69 Å². The number of benzene rings is 1. The van der Waals surface area contributed by atoms with Crippen molar-refractivity contribution < 1.29 is 13.2 Å². The predicted molar refractivity (Wildman–Crippen MR) is 68.1 cm³/mol. The van der Waals surface area contributed by atoms with Crippen LogP contribution >= 0.6 is 0 Å². The van der Waals surface area contributed by atoms with Gasteiger partial charge in [0.25, 0.3) is 0 Å². The average Bonchev–Trinajstić information content (AvgIpc) is 2.26. The molecule has 5 heteroatoms. The quantitative estimate of drug-likeness (QED) is 0.843. The molecule has 0 atom stereocenters. The summed E-state index contributed by atoms with van der Waals surface area (Å²) < 4.78 is 25.8. The molecule has 0 aliphatic heterocycles. The third-order valence-corrected chi connectivity index (χ3v) is 3.54. The van der Waals surface area contributed by atoms with Crippen LogP contribution in [0.25, 0.3) is 0 Å². The molecule has 0 aliphatic carbocycles. The van der Waals surface area contributed by atoms with Gasteiger partial charge in [-0.3, -0.25) is 9.52 Å². The van der Waals surface area contributed by atoms with Gasteiger partial charge in [-0.1, -0.05) is 26.0 Å². The highest BCUT2D eigenvalue weighted by atomic mass is 32.2. The molecular formula is C12H16NO3S. The van der Waals surface area contributed by atoms with E-state index in [0.717, 1.165) is 0 Å². The lowest BCUT2D eigenvalue weighted by Gasteiger charge is -2.09. The fourth-order valence-electron chi connectivity index (χ4n) is 1.27. The second-order valence-electron chi connectivity index (χ2n) is 4.29. The van der Waals surface area contributed by atoms with Gasteiger partial charge in [0.2, 0.25) is 16.3 Å². The fourth-order valence-corrected chi connectivity index (χ4v) is 2.64. The molecule has 4 nitrogen and oxygen atoms in total. The Balaban J connectivity index is 2.72. The minimum atomic E-state index is -3.33. The number of anilines is 1. The molecule has 1 aromatic rings. The first-order valence-electron chi connectivity index (χ1n) is 5.41. The molecule has 93 valence electrons. The smallest absolute Gasteiger partial charge is 0.233 e. The summed E-state index contributed by atoms with van der Waals surface area (Å²) in [7, 11) is -3.33. The van der Waals surface area contributed by atoms with Crippen molar-refractivity contribution in [1.29, 1.82) is 0 Å². The van der Waals surface area contributed by atoms with E-state index in [2.05, 4.69) is 4.72 Å². The summed E-state index contributed by atoms with van der Waals surface area (Å²) in [6.07, 6.45) is 2.32. The number of hydrogen-bond donors (Lipinski definition) is 1. The summed E-state index contributed by atoms with van der Waals surface area (Å²) in [5.41, 5.74) is 0.726. The Labute approximate surface area is 102 Å². The van der Waals surface area contributed by atoms with E-state index in [1.807, 2.05) is 13.8 Å². The zero-order chi connectivity index (χ0) is 12.9. The monoisotopic (exact) mass is 254 g/mol. The van der Waals surface area contributed by atoms with Gasteiger partial charge in [-0.25, -0.2) is 8.42 Å². The highest BCUT2D eigenvalue weighted by molar-refractivity contribution is 7.92. The topological polar surface area (TPSA) is 63.2 Å². The van der Waals surface area contributed by atoms with E-state index in [-0.39, 0.29) is 5.75 Å². The number of hydrogen-bond acceptors (Lipinski definition) is 3. The van der Waals surface area contributed by atoms with Crippen LogP contribution in [-0.4, -0.2) is 20.5 Å². The molecule has 1 aromatic carbocycles. The van der Waals surface area contributed by atoms with Gasteiger partial charge < -0.3 is 0 Å². The van der Waals surface area contributed by atoms with E-state index >= 15 is 0 Å². The standard InChI is InChI=1S/C12H16NO3S/c1-10(2)6-7-17(15,16)13-12-5-3-4-11(8-12)9-14/h3-5,8,10,13H,6-7H2,1-2H3. The number of nitrogens with one attached hydrogen (secondary N) is 1. The van der Waals surface area contributed by atoms with Crippen molar-refractivity contribution in [2.24, 2.45) is 5.92 Å². The normalized spacial score (nSPS) is 11.5. The number of carbonyl (C=O) groups excluding carboxylic acids is 1. The molecule has 0 fully saturated rings. The van der Waals surface area contributed by atoms with Crippen LogP contribution < -0.4 is 4.72 Å². The Morgan fingerprint density at radius 3 is 2.65 bits per heavy atom. The van der Waals surface area contributed by atoms with E-state index in [1.165, 1.54) is 6.07 Å². The van der Waals surface area contributed by atoms with Gasteiger partial charge in [0.15, 0.2) is 0 Å². The maximum Gasteiger partial charge on any atom is 0.233 e. The second kappa shape index (κ2) is 5.82. The van der Waals surface area contributed by atoms with Crippen molar-refractivity contribution >= 4 is 22.0 Å². The van der Waals surface area contributed by atoms with Crippen LogP contribution in [0.15, 0.2) is 24.3 Å². The van der Waals surface area contributed by atoms with Crippen LogP contribution in [0, 0.1) is 5.92 Å². The van der Waals surface area contributed by atoms with Crippen molar-refractivity contribution in [1.82, 2.24) is 0 Å². The molecule has 0 amide bonds. The zero-order valence-electron chi connectivity index (χ0n) is 9.93. The lowest BCUT2D eigenvalue weighted by molar-refractivity contribution is 0.562. The largest absolute Gasteiger partial charge is 0.285 e. The molecule has 0 spiro atoms. The Morgan fingerprint density at radius 1 is 1.35 bits per heavy atom. The first-order valence-corrected chi connectivity index (χ1v) is 7.07. The fraction of sp³-hybridized carbons (Fsp3) is 0.417. The number of rotatable bonds is 6. The Hall–Kier alpha value is -1.36. The molecule has 1 N–H and O–H groups in total. The van der Waals surface area contributed by atoms with Crippen LogP contribution in [0.2, 0.25) is 0 Å². The third kappa shape index (κ3) is 4.99. The summed E-state index contributed by atoms with van der Waals surface area (Å²) in [5, 5.41) is 0. The molecule has 0 unspecified atom stereocenters. The molecule has 0 saturated carbocycles. The Kier molecular flexibility index (Phi) is 4.69. The molecule has 1 rings (SSSR count). The average molecular weight is 254 g/mol. The van der Waals surface area contributed by atoms with Crippen molar-refractivity contribution in [3.8, 4) is 0 Å². The van der Waals surface area contributed by atoms with E-state index in [1.54, 1.807) is 24.5 Å².